The molecule has 1 fully saturated rings. The highest BCUT2D eigenvalue weighted by Crippen LogP contribution is 2.16. The third-order valence-electron chi connectivity index (χ3n) is 4.49. The molecule has 1 heterocycles. The highest BCUT2D eigenvalue weighted by Gasteiger charge is 2.18. The Kier molecular flexibility index (Phi) is 6.10. The van der Waals surface area contributed by atoms with E-state index in [4.69, 9.17) is 5.73 Å². The van der Waals surface area contributed by atoms with Crippen LogP contribution in [0.15, 0.2) is 35.3 Å². The van der Waals surface area contributed by atoms with Gasteiger partial charge in [-0.05, 0) is 36.8 Å². The summed E-state index contributed by atoms with van der Waals surface area (Å²) in [5.41, 5.74) is 7.32. The van der Waals surface area contributed by atoms with Crippen LogP contribution >= 0.6 is 0 Å². The molecule has 0 amide bonds. The van der Waals surface area contributed by atoms with E-state index in [9.17, 15) is 0 Å². The largest absolute Gasteiger partial charge is 0.380 e. The van der Waals surface area contributed by atoms with Gasteiger partial charge in [-0.15, -0.1) is 0 Å². The quantitative estimate of drug-likeness (QED) is 0.649. The summed E-state index contributed by atoms with van der Waals surface area (Å²) < 4.78 is 0. The summed E-state index contributed by atoms with van der Waals surface area (Å²) in [4.78, 5) is 6.87. The molecule has 0 aliphatic carbocycles. The number of nitrogens with zero attached hydrogens (tertiary/aromatic N) is 2. The van der Waals surface area contributed by atoms with Crippen molar-refractivity contribution in [3.63, 3.8) is 0 Å². The maximum Gasteiger partial charge on any atom is 0.191 e. The van der Waals surface area contributed by atoms with Crippen molar-refractivity contribution < 1.29 is 0 Å². The number of guanidine groups is 1. The molecule has 1 saturated heterocycles. The van der Waals surface area contributed by atoms with Crippen LogP contribution in [0.25, 0.3) is 0 Å². The van der Waals surface area contributed by atoms with Crippen molar-refractivity contribution in [2.75, 3.05) is 25.0 Å². The van der Waals surface area contributed by atoms with Crippen molar-refractivity contribution >= 4 is 11.6 Å². The number of likely N-dealkylation sites (tertiary alicyclic amines) is 1. The van der Waals surface area contributed by atoms with E-state index in [2.05, 4.69) is 48.1 Å². The topological polar surface area (TPSA) is 53.6 Å². The Morgan fingerprint density at radius 2 is 1.91 bits per heavy atom. The molecule has 4 heteroatoms. The Morgan fingerprint density at radius 3 is 2.50 bits per heavy atom. The molecule has 1 atom stereocenters. The second-order valence-electron chi connectivity index (χ2n) is 6.73. The van der Waals surface area contributed by atoms with E-state index in [-0.39, 0.29) is 0 Å². The molecule has 2 rings (SSSR count). The zero-order valence-corrected chi connectivity index (χ0v) is 14.1. The molecule has 0 saturated carbocycles. The fourth-order valence-corrected chi connectivity index (χ4v) is 2.70. The minimum absolute atomic E-state index is 0.296. The normalized spacial score (nSPS) is 18.5. The Labute approximate surface area is 134 Å². The molecule has 1 aliphatic heterocycles. The predicted molar refractivity (Wildman–Crippen MR) is 95.2 cm³/mol. The van der Waals surface area contributed by atoms with E-state index in [1.807, 2.05) is 18.2 Å². The van der Waals surface area contributed by atoms with Crippen molar-refractivity contribution in [2.45, 2.75) is 39.7 Å². The van der Waals surface area contributed by atoms with Gasteiger partial charge in [-0.25, -0.2) is 0 Å². The highest BCUT2D eigenvalue weighted by molar-refractivity contribution is 5.78. The first kappa shape index (κ1) is 16.7. The van der Waals surface area contributed by atoms with Crippen molar-refractivity contribution in [3.8, 4) is 0 Å². The minimum Gasteiger partial charge on any atom is -0.380 e. The molecule has 0 spiro atoms. The van der Waals surface area contributed by atoms with Crippen molar-refractivity contribution in [1.29, 1.82) is 0 Å². The Bertz CT molecular complexity index is 461. The average molecular weight is 302 g/mol. The first-order chi connectivity index (χ1) is 10.6. The molecule has 1 unspecified atom stereocenters. The number of rotatable bonds is 5. The van der Waals surface area contributed by atoms with Crippen LogP contribution in [0.1, 0.15) is 33.6 Å². The predicted octanol–water partition coefficient (Wildman–Crippen LogP) is 3.17. The first-order valence-corrected chi connectivity index (χ1v) is 8.42. The highest BCUT2D eigenvalue weighted by atomic mass is 15.3. The fraction of sp³-hybridized carbons (Fsp3) is 0.611. The van der Waals surface area contributed by atoms with Gasteiger partial charge in [0.05, 0.1) is 6.54 Å². The standard InChI is InChI=1S/C18H30N4/c1-14(2)17(21-16-7-5-4-6-8-16)13-20-18(19)22-11-9-15(3)10-12-22/h4-8,14-15,17,21H,9-13H2,1-3H3,(H2,19,20). The molecule has 0 radical (unpaired) electrons. The molecule has 4 nitrogen and oxygen atoms in total. The van der Waals surface area contributed by atoms with E-state index < -0.39 is 0 Å². The molecule has 3 N–H and O–H groups in total. The first-order valence-electron chi connectivity index (χ1n) is 8.42. The van der Waals surface area contributed by atoms with Gasteiger partial charge in [-0.3, -0.25) is 4.99 Å². The summed E-state index contributed by atoms with van der Waals surface area (Å²) in [5, 5.41) is 3.56. The Balaban J connectivity index is 1.91. The molecule has 0 bridgehead atoms. The van der Waals surface area contributed by atoms with Gasteiger partial charge in [0.15, 0.2) is 5.96 Å². The molecule has 1 aromatic rings. The van der Waals surface area contributed by atoms with Gasteiger partial charge >= 0.3 is 0 Å². The number of aliphatic imine (C=N–C) groups is 1. The number of hydrogen-bond acceptors (Lipinski definition) is 2. The summed E-state index contributed by atoms with van der Waals surface area (Å²) in [5.74, 6) is 2.01. The maximum atomic E-state index is 6.18. The van der Waals surface area contributed by atoms with Crippen LogP contribution in [-0.4, -0.2) is 36.5 Å². The van der Waals surface area contributed by atoms with Crippen LogP contribution in [0.2, 0.25) is 0 Å². The van der Waals surface area contributed by atoms with Gasteiger partial charge in [0, 0.05) is 24.8 Å². The number of anilines is 1. The summed E-state index contributed by atoms with van der Waals surface area (Å²) in [6.45, 7) is 9.53. The summed E-state index contributed by atoms with van der Waals surface area (Å²) in [6, 6.07) is 10.6. The number of hydrogen-bond donors (Lipinski definition) is 2. The molecular weight excluding hydrogens is 272 g/mol. The van der Waals surface area contributed by atoms with Crippen molar-refractivity contribution in [2.24, 2.45) is 22.6 Å². The Morgan fingerprint density at radius 1 is 1.27 bits per heavy atom. The molecule has 0 aromatic heterocycles. The maximum absolute atomic E-state index is 6.18. The SMILES string of the molecule is CC1CCN(C(N)=NCC(Nc2ccccc2)C(C)C)CC1. The number of piperidine rings is 1. The Hall–Kier alpha value is -1.71. The van der Waals surface area contributed by atoms with Crippen LogP contribution in [-0.2, 0) is 0 Å². The van der Waals surface area contributed by atoms with Gasteiger partial charge in [0.2, 0.25) is 0 Å². The number of nitrogens with one attached hydrogen (secondary N) is 1. The average Bonchev–Trinajstić information content (AvgIpc) is 2.52. The van der Waals surface area contributed by atoms with Crippen molar-refractivity contribution in [1.82, 2.24) is 4.90 Å². The molecule has 1 aliphatic rings. The smallest absolute Gasteiger partial charge is 0.191 e. The second kappa shape index (κ2) is 8.06. The minimum atomic E-state index is 0.296. The lowest BCUT2D eigenvalue weighted by atomic mass is 10.00. The van der Waals surface area contributed by atoms with Crippen LogP contribution in [0, 0.1) is 11.8 Å². The lowest BCUT2D eigenvalue weighted by molar-refractivity contribution is 0.277. The molecule has 122 valence electrons. The van der Waals surface area contributed by atoms with E-state index in [0.717, 1.165) is 24.7 Å². The second-order valence-corrected chi connectivity index (χ2v) is 6.73. The lowest BCUT2D eigenvalue weighted by Gasteiger charge is -2.31. The number of benzene rings is 1. The van der Waals surface area contributed by atoms with E-state index in [0.29, 0.717) is 24.5 Å². The third-order valence-corrected chi connectivity index (χ3v) is 4.49. The lowest BCUT2D eigenvalue weighted by Crippen LogP contribution is -2.43. The zero-order chi connectivity index (χ0) is 15.9. The number of nitrogens with two attached hydrogens (primary N) is 1. The third kappa shape index (κ3) is 4.93. The number of para-hydroxylation sites is 1. The van der Waals surface area contributed by atoms with Gasteiger partial charge in [-0.1, -0.05) is 39.0 Å². The fourth-order valence-electron chi connectivity index (χ4n) is 2.70. The van der Waals surface area contributed by atoms with Gasteiger partial charge < -0.3 is 16.0 Å². The van der Waals surface area contributed by atoms with E-state index in [1.165, 1.54) is 12.8 Å². The monoisotopic (exact) mass is 302 g/mol. The van der Waals surface area contributed by atoms with E-state index in [1.54, 1.807) is 0 Å². The summed E-state index contributed by atoms with van der Waals surface area (Å²) >= 11 is 0. The van der Waals surface area contributed by atoms with Gasteiger partial charge in [0.1, 0.15) is 0 Å². The summed E-state index contributed by atoms with van der Waals surface area (Å²) in [7, 11) is 0. The van der Waals surface area contributed by atoms with E-state index >= 15 is 0 Å². The zero-order valence-electron chi connectivity index (χ0n) is 14.1. The van der Waals surface area contributed by atoms with Crippen molar-refractivity contribution in [3.05, 3.63) is 30.3 Å². The van der Waals surface area contributed by atoms with Crippen LogP contribution in [0.3, 0.4) is 0 Å². The summed E-state index contributed by atoms with van der Waals surface area (Å²) in [6.07, 6.45) is 2.43. The van der Waals surface area contributed by atoms with Gasteiger partial charge in [-0.2, -0.15) is 0 Å². The van der Waals surface area contributed by atoms with Gasteiger partial charge in [0.25, 0.3) is 0 Å². The van der Waals surface area contributed by atoms with Crippen LogP contribution in [0.4, 0.5) is 5.69 Å². The van der Waals surface area contributed by atoms with Crippen LogP contribution in [0.5, 0.6) is 0 Å². The molecular formula is C18H30N4. The van der Waals surface area contributed by atoms with Crippen LogP contribution < -0.4 is 11.1 Å². The molecule has 1 aromatic carbocycles. The molecule has 22 heavy (non-hydrogen) atoms.